The van der Waals surface area contributed by atoms with Gasteiger partial charge in [-0.3, -0.25) is 0 Å². The van der Waals surface area contributed by atoms with Crippen LogP contribution in [0.2, 0.25) is 0 Å². The summed E-state index contributed by atoms with van der Waals surface area (Å²) in [6.45, 7) is 5.86. The second-order valence-corrected chi connectivity index (χ2v) is 3.91. The molecule has 0 spiro atoms. The molecule has 0 aliphatic carbocycles. The van der Waals surface area contributed by atoms with Crippen molar-refractivity contribution in [1.82, 2.24) is 0 Å². The maximum Gasteiger partial charge on any atom is 0.347 e. The Morgan fingerprint density at radius 2 is 1.93 bits per heavy atom. The van der Waals surface area contributed by atoms with Crippen molar-refractivity contribution in [3.05, 3.63) is 11.6 Å². The van der Waals surface area contributed by atoms with E-state index in [1.54, 1.807) is 6.92 Å². The van der Waals surface area contributed by atoms with E-state index in [0.717, 1.165) is 0 Å². The molecule has 1 atom stereocenters. The van der Waals surface area contributed by atoms with Gasteiger partial charge in [-0.2, -0.15) is 0 Å². The molecule has 0 aromatic rings. The number of esters is 1. The second kappa shape index (κ2) is 4.93. The van der Waals surface area contributed by atoms with Crippen LogP contribution in [0.4, 0.5) is 0 Å². The molecule has 0 heterocycles. The molecule has 0 rings (SSSR count). The number of carbonyl (C=O) groups excluding carboxylic acids is 1. The van der Waals surface area contributed by atoms with Crippen LogP contribution in [-0.2, 0) is 14.3 Å². The summed E-state index contributed by atoms with van der Waals surface area (Å²) in [5.74, 6) is -1.86. The van der Waals surface area contributed by atoms with Crippen molar-refractivity contribution in [1.29, 1.82) is 0 Å². The van der Waals surface area contributed by atoms with E-state index in [9.17, 15) is 9.59 Å². The highest BCUT2D eigenvalue weighted by Gasteiger charge is 2.31. The van der Waals surface area contributed by atoms with Crippen molar-refractivity contribution in [3.63, 3.8) is 0 Å². The number of hydrogen-bond acceptors (Lipinski definition) is 4. The van der Waals surface area contributed by atoms with E-state index in [2.05, 4.69) is 0 Å². The number of nitrogens with two attached hydrogens (primary N) is 1. The Morgan fingerprint density at radius 3 is 2.27 bits per heavy atom. The van der Waals surface area contributed by atoms with E-state index < -0.39 is 17.5 Å². The third kappa shape index (κ3) is 4.60. The lowest BCUT2D eigenvalue weighted by Crippen LogP contribution is -2.37. The van der Waals surface area contributed by atoms with Gasteiger partial charge < -0.3 is 15.6 Å². The Balaban J connectivity index is 4.58. The van der Waals surface area contributed by atoms with Crippen molar-refractivity contribution in [2.75, 3.05) is 0 Å². The number of carbonyl (C=O) groups is 2. The predicted molar refractivity (Wildman–Crippen MR) is 55.2 cm³/mol. The Kier molecular flexibility index (Phi) is 4.48. The summed E-state index contributed by atoms with van der Waals surface area (Å²) in [4.78, 5) is 22.1. The molecule has 0 amide bonds. The molecule has 0 radical (unpaired) electrons. The summed E-state index contributed by atoms with van der Waals surface area (Å²) < 4.78 is 4.80. The van der Waals surface area contributed by atoms with E-state index in [0.29, 0.717) is 5.57 Å². The summed E-state index contributed by atoms with van der Waals surface area (Å²) in [6.07, 6.45) is 1.51. The van der Waals surface area contributed by atoms with Crippen LogP contribution in [0.25, 0.3) is 0 Å². The largest absolute Gasteiger partial charge is 0.478 e. The van der Waals surface area contributed by atoms with Crippen molar-refractivity contribution < 1.29 is 19.4 Å². The topological polar surface area (TPSA) is 89.6 Å². The van der Waals surface area contributed by atoms with E-state index in [-0.39, 0.29) is 6.04 Å². The van der Waals surface area contributed by atoms with Crippen molar-refractivity contribution in [2.24, 2.45) is 5.73 Å². The monoisotopic (exact) mass is 215 g/mol. The lowest BCUT2D eigenvalue weighted by molar-refractivity contribution is -0.171. The van der Waals surface area contributed by atoms with Gasteiger partial charge in [-0.1, -0.05) is 6.08 Å². The first-order valence-electron chi connectivity index (χ1n) is 4.57. The highest BCUT2D eigenvalue weighted by atomic mass is 16.6. The molecular weight excluding hydrogens is 198 g/mol. The minimum atomic E-state index is -1.52. The fraction of sp³-hybridized carbons (Fsp3) is 0.600. The average Bonchev–Trinajstić information content (AvgIpc) is 2.01. The molecular formula is C10H17NO4. The Labute approximate surface area is 88.9 Å². The van der Waals surface area contributed by atoms with Gasteiger partial charge in [-0.05, 0) is 27.7 Å². The second-order valence-electron chi connectivity index (χ2n) is 3.91. The van der Waals surface area contributed by atoms with Gasteiger partial charge in [-0.15, -0.1) is 0 Å². The number of rotatable bonds is 4. The lowest BCUT2D eigenvalue weighted by atomic mass is 10.1. The van der Waals surface area contributed by atoms with Crippen molar-refractivity contribution >= 4 is 11.9 Å². The molecule has 0 fully saturated rings. The third-order valence-corrected chi connectivity index (χ3v) is 1.70. The van der Waals surface area contributed by atoms with Gasteiger partial charge in [-0.25, -0.2) is 9.59 Å². The van der Waals surface area contributed by atoms with Crippen LogP contribution < -0.4 is 5.73 Å². The molecule has 0 aliphatic rings. The fourth-order valence-electron chi connectivity index (χ4n) is 0.818. The smallest absolute Gasteiger partial charge is 0.347 e. The van der Waals surface area contributed by atoms with Gasteiger partial charge >= 0.3 is 11.9 Å². The van der Waals surface area contributed by atoms with Gasteiger partial charge in [0.25, 0.3) is 0 Å². The summed E-state index contributed by atoms with van der Waals surface area (Å²) in [7, 11) is 0. The van der Waals surface area contributed by atoms with Gasteiger partial charge in [0.15, 0.2) is 0 Å². The molecule has 5 nitrogen and oxygen atoms in total. The van der Waals surface area contributed by atoms with Crippen LogP contribution in [0.15, 0.2) is 11.6 Å². The van der Waals surface area contributed by atoms with Crippen LogP contribution in [0.5, 0.6) is 0 Å². The number of ether oxygens (including phenoxy) is 1. The third-order valence-electron chi connectivity index (χ3n) is 1.70. The summed E-state index contributed by atoms with van der Waals surface area (Å²) in [5.41, 5.74) is 4.24. The summed E-state index contributed by atoms with van der Waals surface area (Å²) in [6, 6.07) is -0.273. The van der Waals surface area contributed by atoms with Crippen molar-refractivity contribution in [2.45, 2.75) is 39.3 Å². The zero-order valence-electron chi connectivity index (χ0n) is 9.40. The molecule has 0 bridgehead atoms. The van der Waals surface area contributed by atoms with Crippen LogP contribution in [0.1, 0.15) is 27.7 Å². The molecule has 15 heavy (non-hydrogen) atoms. The quantitative estimate of drug-likeness (QED) is 0.532. The van der Waals surface area contributed by atoms with E-state index in [1.165, 1.54) is 26.8 Å². The summed E-state index contributed by atoms with van der Waals surface area (Å²) in [5, 5.41) is 8.73. The Bertz CT molecular complexity index is 292. The number of hydrogen-bond donors (Lipinski definition) is 2. The van der Waals surface area contributed by atoms with Crippen LogP contribution in [-0.4, -0.2) is 28.7 Å². The average molecular weight is 215 g/mol. The standard InChI is InChI=1S/C10H17NO4/c1-6(5-7(2)11)8(12)15-10(3,4)9(13)14/h5,7H,11H2,1-4H3,(H,13,14). The Hall–Kier alpha value is -1.36. The molecule has 0 aromatic heterocycles. The molecule has 0 aromatic carbocycles. The maximum atomic E-state index is 11.4. The van der Waals surface area contributed by atoms with Crippen molar-refractivity contribution in [3.8, 4) is 0 Å². The molecule has 5 heteroatoms. The first-order valence-corrected chi connectivity index (χ1v) is 4.57. The van der Waals surface area contributed by atoms with Gasteiger partial charge in [0.05, 0.1) is 0 Å². The fourth-order valence-corrected chi connectivity index (χ4v) is 0.818. The van der Waals surface area contributed by atoms with Gasteiger partial charge in [0.2, 0.25) is 5.60 Å². The molecule has 86 valence electrons. The van der Waals surface area contributed by atoms with Crippen LogP contribution in [0, 0.1) is 0 Å². The van der Waals surface area contributed by atoms with E-state index >= 15 is 0 Å². The first-order chi connectivity index (χ1) is 6.66. The molecule has 0 saturated carbocycles. The maximum absolute atomic E-state index is 11.4. The van der Waals surface area contributed by atoms with Crippen LogP contribution >= 0.6 is 0 Å². The minimum Gasteiger partial charge on any atom is -0.478 e. The Morgan fingerprint density at radius 1 is 1.47 bits per heavy atom. The minimum absolute atomic E-state index is 0.273. The number of carboxylic acid groups (broad SMARTS) is 1. The predicted octanol–water partition coefficient (Wildman–Crippen LogP) is 0.686. The normalized spacial score (nSPS) is 14.6. The zero-order chi connectivity index (χ0) is 12.2. The number of carboxylic acids is 1. The first kappa shape index (κ1) is 13.6. The molecule has 3 N–H and O–H groups in total. The molecule has 1 unspecified atom stereocenters. The van der Waals surface area contributed by atoms with E-state index in [4.69, 9.17) is 15.6 Å². The SMILES string of the molecule is CC(=CC(C)N)C(=O)OC(C)(C)C(=O)O. The molecule has 0 aliphatic heterocycles. The van der Waals surface area contributed by atoms with E-state index in [1.807, 2.05) is 0 Å². The lowest BCUT2D eigenvalue weighted by Gasteiger charge is -2.20. The molecule has 0 saturated heterocycles. The van der Waals surface area contributed by atoms with Gasteiger partial charge in [0, 0.05) is 11.6 Å². The summed E-state index contributed by atoms with van der Waals surface area (Å²) >= 11 is 0. The number of aliphatic carboxylic acids is 1. The zero-order valence-corrected chi connectivity index (χ0v) is 9.40. The highest BCUT2D eigenvalue weighted by molar-refractivity contribution is 5.90. The van der Waals surface area contributed by atoms with Crippen LogP contribution in [0.3, 0.4) is 0 Å². The highest BCUT2D eigenvalue weighted by Crippen LogP contribution is 2.12. The van der Waals surface area contributed by atoms with Gasteiger partial charge in [0.1, 0.15) is 0 Å².